The summed E-state index contributed by atoms with van der Waals surface area (Å²) in [6.07, 6.45) is 3.81. The predicted molar refractivity (Wildman–Crippen MR) is 132 cm³/mol. The van der Waals surface area contributed by atoms with Crippen LogP contribution in [-0.2, 0) is 13.6 Å². The Labute approximate surface area is 195 Å². The fourth-order valence-corrected chi connectivity index (χ4v) is 5.10. The first-order valence-corrected chi connectivity index (χ1v) is 11.9. The highest BCUT2D eigenvalue weighted by Gasteiger charge is 2.36. The molecule has 0 aliphatic carbocycles. The van der Waals surface area contributed by atoms with Gasteiger partial charge in [-0.25, -0.2) is 0 Å². The molecular weight excluding hydrogens is 412 g/mol. The van der Waals surface area contributed by atoms with Crippen molar-refractivity contribution in [1.82, 2.24) is 19.2 Å². The quantitative estimate of drug-likeness (QED) is 0.572. The highest BCUT2D eigenvalue weighted by Crippen LogP contribution is 2.34. The molecule has 1 aliphatic heterocycles. The van der Waals surface area contributed by atoms with Crippen LogP contribution in [0.1, 0.15) is 50.8 Å². The summed E-state index contributed by atoms with van der Waals surface area (Å²) < 4.78 is 3.25. The summed E-state index contributed by atoms with van der Waals surface area (Å²) in [7, 11) is 1.76. The van der Waals surface area contributed by atoms with E-state index in [9.17, 15) is 4.79 Å². The zero-order valence-corrected chi connectivity index (χ0v) is 20.3. The Bertz CT molecular complexity index is 1220. The first-order valence-electron chi connectivity index (χ1n) is 11.9. The average molecular weight is 447 g/mol. The summed E-state index contributed by atoms with van der Waals surface area (Å²) in [5.41, 5.74) is 5.02. The van der Waals surface area contributed by atoms with E-state index in [2.05, 4.69) is 72.9 Å². The number of piperazine rings is 1. The Kier molecular flexibility index (Phi) is 6.57. The standard InChI is InChI=1S/C26H34N6O/c1-6-21-16-32(22(7-2)15-31(21)19(4)20-10-8-18(3)9-11-20)23-14-25(33)29(5)24-17-30(13-12-27)28-26(23)24/h8-11,14,17,19,21-22H,6-7,13,15-16H2,1-5H3/t19?,21-,22+/m1/s1. The summed E-state index contributed by atoms with van der Waals surface area (Å²) in [4.78, 5) is 17.8. The molecule has 7 nitrogen and oxygen atoms in total. The van der Waals surface area contributed by atoms with Gasteiger partial charge < -0.3 is 9.47 Å². The third-order valence-corrected chi connectivity index (χ3v) is 7.22. The molecule has 1 saturated heterocycles. The number of benzene rings is 1. The maximum Gasteiger partial charge on any atom is 0.252 e. The van der Waals surface area contributed by atoms with Crippen LogP contribution in [0.25, 0.3) is 11.0 Å². The van der Waals surface area contributed by atoms with E-state index in [0.29, 0.717) is 12.1 Å². The number of fused-ring (bicyclic) bond motifs is 1. The molecule has 2 aromatic heterocycles. The molecule has 0 bridgehead atoms. The highest BCUT2D eigenvalue weighted by molar-refractivity contribution is 5.88. The number of nitrogens with zero attached hydrogens (tertiary/aromatic N) is 6. The third kappa shape index (κ3) is 4.28. The molecule has 0 amide bonds. The molecule has 3 heterocycles. The molecule has 1 aliphatic rings. The van der Waals surface area contributed by atoms with Crippen LogP contribution in [0, 0.1) is 18.3 Å². The molecule has 174 valence electrons. The molecule has 0 spiro atoms. The van der Waals surface area contributed by atoms with Crippen molar-refractivity contribution >= 4 is 16.7 Å². The molecule has 7 heteroatoms. The minimum absolute atomic E-state index is 0.0487. The van der Waals surface area contributed by atoms with Crippen molar-refractivity contribution in [2.75, 3.05) is 18.0 Å². The second-order valence-corrected chi connectivity index (χ2v) is 9.21. The van der Waals surface area contributed by atoms with Gasteiger partial charge in [-0.1, -0.05) is 43.7 Å². The first kappa shape index (κ1) is 23.1. The second kappa shape index (κ2) is 9.40. The lowest BCUT2D eigenvalue weighted by Crippen LogP contribution is -2.58. The fraction of sp³-hybridized carbons (Fsp3) is 0.500. The molecule has 0 N–H and O–H groups in total. The summed E-state index contributed by atoms with van der Waals surface area (Å²) >= 11 is 0. The second-order valence-electron chi connectivity index (χ2n) is 9.21. The Hall–Kier alpha value is -3.11. The monoisotopic (exact) mass is 446 g/mol. The number of aryl methyl sites for hydroxylation is 2. The van der Waals surface area contributed by atoms with Crippen molar-refractivity contribution in [3.05, 3.63) is 58.0 Å². The van der Waals surface area contributed by atoms with Gasteiger partial charge in [-0.15, -0.1) is 0 Å². The average Bonchev–Trinajstić information content (AvgIpc) is 3.25. The van der Waals surface area contributed by atoms with Crippen molar-refractivity contribution in [2.24, 2.45) is 7.05 Å². The van der Waals surface area contributed by atoms with E-state index in [1.807, 2.05) is 0 Å². The molecule has 1 aromatic carbocycles. The number of nitriles is 1. The van der Waals surface area contributed by atoms with Crippen LogP contribution in [0.5, 0.6) is 0 Å². The Morgan fingerprint density at radius 3 is 2.48 bits per heavy atom. The molecule has 33 heavy (non-hydrogen) atoms. The molecule has 3 atom stereocenters. The molecular formula is C26H34N6O. The minimum atomic E-state index is -0.0487. The maximum absolute atomic E-state index is 12.8. The summed E-state index contributed by atoms with van der Waals surface area (Å²) in [6, 6.07) is 13.7. The van der Waals surface area contributed by atoms with Gasteiger partial charge in [-0.3, -0.25) is 14.4 Å². The summed E-state index contributed by atoms with van der Waals surface area (Å²) in [5, 5.41) is 13.8. The van der Waals surface area contributed by atoms with Crippen molar-refractivity contribution < 1.29 is 0 Å². The Morgan fingerprint density at radius 1 is 1.15 bits per heavy atom. The lowest BCUT2D eigenvalue weighted by atomic mass is 9.96. The van der Waals surface area contributed by atoms with Gasteiger partial charge in [-0.05, 0) is 32.3 Å². The number of hydrogen-bond donors (Lipinski definition) is 0. The van der Waals surface area contributed by atoms with Gasteiger partial charge in [0.2, 0.25) is 0 Å². The molecule has 3 aromatic rings. The normalized spacial score (nSPS) is 20.2. The van der Waals surface area contributed by atoms with E-state index in [-0.39, 0.29) is 18.1 Å². The van der Waals surface area contributed by atoms with E-state index in [0.717, 1.165) is 42.7 Å². The third-order valence-electron chi connectivity index (χ3n) is 7.22. The van der Waals surface area contributed by atoms with E-state index in [4.69, 9.17) is 5.26 Å². The van der Waals surface area contributed by atoms with Crippen LogP contribution in [0.2, 0.25) is 0 Å². The summed E-state index contributed by atoms with van der Waals surface area (Å²) in [6.45, 7) is 10.8. The topological polar surface area (TPSA) is 70.1 Å². The lowest BCUT2D eigenvalue weighted by molar-refractivity contribution is 0.101. The van der Waals surface area contributed by atoms with Crippen LogP contribution in [-0.4, -0.2) is 44.4 Å². The van der Waals surface area contributed by atoms with Crippen LogP contribution < -0.4 is 10.5 Å². The number of pyridine rings is 1. The van der Waals surface area contributed by atoms with E-state index in [1.165, 1.54) is 11.1 Å². The van der Waals surface area contributed by atoms with Crippen molar-refractivity contribution in [2.45, 2.75) is 65.2 Å². The van der Waals surface area contributed by atoms with Gasteiger partial charge in [0.25, 0.3) is 5.56 Å². The summed E-state index contributed by atoms with van der Waals surface area (Å²) in [5.74, 6) is 0. The van der Waals surface area contributed by atoms with E-state index < -0.39 is 0 Å². The van der Waals surface area contributed by atoms with Gasteiger partial charge in [0.1, 0.15) is 12.1 Å². The molecule has 4 rings (SSSR count). The highest BCUT2D eigenvalue weighted by atomic mass is 16.1. The maximum atomic E-state index is 12.8. The fourth-order valence-electron chi connectivity index (χ4n) is 5.10. The molecule has 0 saturated carbocycles. The van der Waals surface area contributed by atoms with Gasteiger partial charge >= 0.3 is 0 Å². The van der Waals surface area contributed by atoms with Crippen molar-refractivity contribution in [1.29, 1.82) is 5.26 Å². The predicted octanol–water partition coefficient (Wildman–Crippen LogP) is 4.01. The number of anilines is 1. The molecule has 1 unspecified atom stereocenters. The Balaban J connectivity index is 1.72. The zero-order valence-electron chi connectivity index (χ0n) is 20.3. The smallest absolute Gasteiger partial charge is 0.252 e. The van der Waals surface area contributed by atoms with E-state index >= 15 is 0 Å². The largest absolute Gasteiger partial charge is 0.364 e. The van der Waals surface area contributed by atoms with Gasteiger partial charge in [0.05, 0.1) is 23.5 Å². The van der Waals surface area contributed by atoms with Crippen LogP contribution in [0.15, 0.2) is 41.3 Å². The molecule has 1 fully saturated rings. The number of rotatable bonds is 6. The van der Waals surface area contributed by atoms with Gasteiger partial charge in [0.15, 0.2) is 0 Å². The van der Waals surface area contributed by atoms with Crippen LogP contribution in [0.3, 0.4) is 0 Å². The Morgan fingerprint density at radius 2 is 1.85 bits per heavy atom. The first-order chi connectivity index (χ1) is 15.9. The van der Waals surface area contributed by atoms with Crippen LogP contribution in [0.4, 0.5) is 5.69 Å². The van der Waals surface area contributed by atoms with Crippen LogP contribution >= 0.6 is 0 Å². The van der Waals surface area contributed by atoms with E-state index in [1.54, 1.807) is 28.6 Å². The molecule has 0 radical (unpaired) electrons. The lowest BCUT2D eigenvalue weighted by Gasteiger charge is -2.49. The van der Waals surface area contributed by atoms with Crippen molar-refractivity contribution in [3.8, 4) is 6.07 Å². The SMILES string of the molecule is CC[C@H]1CN(C(C)c2ccc(C)cc2)[C@H](CC)CN1c1cc(=O)n(C)c2cn(CC#N)nc12. The minimum Gasteiger partial charge on any atom is -0.364 e. The number of hydrogen-bond acceptors (Lipinski definition) is 5. The zero-order chi connectivity index (χ0) is 23.7. The number of aromatic nitrogens is 3. The van der Waals surface area contributed by atoms with Gasteiger partial charge in [0, 0.05) is 44.3 Å². The van der Waals surface area contributed by atoms with Gasteiger partial charge in [-0.2, -0.15) is 10.4 Å². The van der Waals surface area contributed by atoms with Crippen molar-refractivity contribution in [3.63, 3.8) is 0 Å².